The number of carbonyl (C=O) groups excluding carboxylic acids is 6. The van der Waals surface area contributed by atoms with Gasteiger partial charge in [-0.3, -0.25) is 19.3 Å². The zero-order valence-electron chi connectivity index (χ0n) is 35.0. The average Bonchev–Trinajstić information content (AvgIpc) is 3.86. The monoisotopic (exact) mass is 863 g/mol. The lowest BCUT2D eigenvalue weighted by Crippen LogP contribution is -2.70. The van der Waals surface area contributed by atoms with Gasteiger partial charge in [-0.1, -0.05) is 73.3 Å². The SMILES string of the molecule is C=CCOC(=O)N1CCC(NC(=O)C[n+]2ccc(CN3CC/C(=C\C4=C(C(=O)OC(c5ccccc5)c5ccccc5)N5C(=O)[C@@H](NC(=O)OC(C)(C)C)[C@H]5SC4)C3=O)cc2)C1. The minimum Gasteiger partial charge on any atom is -0.448 e. The third-order valence-electron chi connectivity index (χ3n) is 10.7. The summed E-state index contributed by atoms with van der Waals surface area (Å²) in [4.78, 5) is 84.5. The normalized spacial score (nSPS) is 20.5. The fourth-order valence-corrected chi connectivity index (χ4v) is 9.02. The minimum atomic E-state index is -0.924. The zero-order chi connectivity index (χ0) is 44.0. The summed E-state index contributed by atoms with van der Waals surface area (Å²) in [6.07, 6.45) is 5.88. The maximum atomic E-state index is 14.5. The first-order valence-electron chi connectivity index (χ1n) is 20.6. The molecule has 0 radical (unpaired) electrons. The number of amides is 5. The van der Waals surface area contributed by atoms with E-state index in [-0.39, 0.29) is 42.5 Å². The van der Waals surface area contributed by atoms with Crippen molar-refractivity contribution in [2.75, 3.05) is 32.0 Å². The van der Waals surface area contributed by atoms with Gasteiger partial charge < -0.3 is 34.6 Å². The Morgan fingerprint density at radius 2 is 1.63 bits per heavy atom. The van der Waals surface area contributed by atoms with Crippen LogP contribution in [-0.2, 0) is 46.5 Å². The van der Waals surface area contributed by atoms with Crippen molar-refractivity contribution in [3.8, 4) is 0 Å². The fraction of sp³-hybridized carbons (Fsp3) is 0.370. The molecule has 3 atom stereocenters. The number of nitrogens with zero attached hydrogens (tertiary/aromatic N) is 4. The second kappa shape index (κ2) is 19.1. The number of rotatable bonds is 13. The van der Waals surface area contributed by atoms with Crippen LogP contribution in [0.25, 0.3) is 0 Å². The van der Waals surface area contributed by atoms with Gasteiger partial charge in [0.05, 0.1) is 0 Å². The quantitative estimate of drug-likeness (QED) is 0.0622. The van der Waals surface area contributed by atoms with E-state index in [0.29, 0.717) is 50.2 Å². The van der Waals surface area contributed by atoms with Crippen LogP contribution in [0.2, 0.25) is 0 Å². The number of ether oxygens (including phenoxy) is 3. The Bertz CT molecular complexity index is 2220. The number of pyridine rings is 1. The van der Waals surface area contributed by atoms with Crippen molar-refractivity contribution >= 4 is 47.6 Å². The van der Waals surface area contributed by atoms with Gasteiger partial charge in [0.1, 0.15) is 29.3 Å². The van der Waals surface area contributed by atoms with Gasteiger partial charge in [-0.15, -0.1) is 11.8 Å². The van der Waals surface area contributed by atoms with Crippen LogP contribution in [0.15, 0.2) is 121 Å². The van der Waals surface area contributed by atoms with E-state index in [9.17, 15) is 28.8 Å². The van der Waals surface area contributed by atoms with Gasteiger partial charge in [0.2, 0.25) is 12.5 Å². The maximum Gasteiger partial charge on any atom is 0.410 e. The molecule has 4 aliphatic heterocycles. The van der Waals surface area contributed by atoms with E-state index in [4.69, 9.17) is 14.2 Å². The van der Waals surface area contributed by atoms with Crippen molar-refractivity contribution in [1.82, 2.24) is 25.3 Å². The number of alkyl carbamates (subject to hydrolysis) is 1. The molecule has 15 nitrogen and oxygen atoms in total. The van der Waals surface area contributed by atoms with Gasteiger partial charge in [-0.25, -0.2) is 14.4 Å². The Hall–Kier alpha value is -6.42. The molecule has 2 N–H and O–H groups in total. The van der Waals surface area contributed by atoms with E-state index in [1.54, 1.807) is 53.6 Å². The maximum absolute atomic E-state index is 14.5. The third-order valence-corrected chi connectivity index (χ3v) is 12.0. The van der Waals surface area contributed by atoms with Crippen molar-refractivity contribution in [3.05, 3.63) is 137 Å². The largest absolute Gasteiger partial charge is 0.448 e. The summed E-state index contributed by atoms with van der Waals surface area (Å²) in [7, 11) is 0. The molecule has 3 fully saturated rings. The Labute approximate surface area is 364 Å². The summed E-state index contributed by atoms with van der Waals surface area (Å²) >= 11 is 1.38. The van der Waals surface area contributed by atoms with Gasteiger partial charge in [-0.05, 0) is 62.0 Å². The molecule has 16 heteroatoms. The smallest absolute Gasteiger partial charge is 0.410 e. The Morgan fingerprint density at radius 1 is 0.952 bits per heavy atom. The lowest BCUT2D eigenvalue weighted by molar-refractivity contribution is -0.684. The summed E-state index contributed by atoms with van der Waals surface area (Å²) in [5, 5.41) is 5.06. The van der Waals surface area contributed by atoms with E-state index in [1.165, 1.54) is 22.7 Å². The highest BCUT2D eigenvalue weighted by atomic mass is 32.2. The minimum absolute atomic E-state index is 0.0320. The molecular formula is C46H51N6O9S+. The Balaban J connectivity index is 1.04. The molecule has 5 heterocycles. The second-order valence-electron chi connectivity index (χ2n) is 16.4. The fourth-order valence-electron chi connectivity index (χ4n) is 7.71. The number of hydrogen-bond acceptors (Lipinski definition) is 10. The van der Waals surface area contributed by atoms with Crippen molar-refractivity contribution < 1.29 is 47.5 Å². The van der Waals surface area contributed by atoms with Gasteiger partial charge in [0, 0.05) is 55.7 Å². The number of esters is 1. The molecule has 3 saturated heterocycles. The molecule has 0 bridgehead atoms. The van der Waals surface area contributed by atoms with E-state index >= 15 is 0 Å². The number of nitrogens with one attached hydrogen (secondary N) is 2. The number of allylic oxidation sites excluding steroid dienone is 1. The zero-order valence-corrected chi connectivity index (χ0v) is 35.8. The van der Waals surface area contributed by atoms with Crippen LogP contribution in [-0.4, -0.2) is 106 Å². The van der Waals surface area contributed by atoms with E-state index in [2.05, 4.69) is 17.2 Å². The number of likely N-dealkylation sites (tertiary alicyclic amines) is 2. The number of hydrogen-bond donors (Lipinski definition) is 2. The number of thioether (sulfide) groups is 1. The molecule has 3 aromatic rings. The molecule has 7 rings (SSSR count). The Kier molecular flexibility index (Phi) is 13.4. The van der Waals surface area contributed by atoms with E-state index < -0.39 is 47.2 Å². The molecule has 0 aliphatic carbocycles. The van der Waals surface area contributed by atoms with Crippen LogP contribution in [0.5, 0.6) is 0 Å². The summed E-state index contributed by atoms with van der Waals surface area (Å²) < 4.78 is 18.5. The summed E-state index contributed by atoms with van der Waals surface area (Å²) in [5.41, 5.74) is 2.57. The molecular weight excluding hydrogens is 813 g/mol. The summed E-state index contributed by atoms with van der Waals surface area (Å²) in [6, 6.07) is 21.3. The van der Waals surface area contributed by atoms with Crippen LogP contribution < -0.4 is 15.2 Å². The van der Waals surface area contributed by atoms with Crippen molar-refractivity contribution in [2.45, 2.75) is 75.9 Å². The van der Waals surface area contributed by atoms with Crippen molar-refractivity contribution in [1.29, 1.82) is 0 Å². The first-order valence-corrected chi connectivity index (χ1v) is 21.6. The molecule has 1 unspecified atom stereocenters. The second-order valence-corrected chi connectivity index (χ2v) is 17.5. The average molecular weight is 864 g/mol. The van der Waals surface area contributed by atoms with Gasteiger partial charge in [0.25, 0.3) is 11.8 Å². The highest BCUT2D eigenvalue weighted by Gasteiger charge is 2.55. The molecule has 2 aromatic carbocycles. The topological polar surface area (TPSA) is 168 Å². The van der Waals surface area contributed by atoms with Crippen LogP contribution in [0, 0.1) is 0 Å². The predicted molar refractivity (Wildman–Crippen MR) is 229 cm³/mol. The third kappa shape index (κ3) is 10.4. The lowest BCUT2D eigenvalue weighted by Gasteiger charge is -2.49. The highest BCUT2D eigenvalue weighted by Crippen LogP contribution is 2.43. The molecule has 62 heavy (non-hydrogen) atoms. The molecule has 1 aromatic heterocycles. The Morgan fingerprint density at radius 3 is 2.27 bits per heavy atom. The highest BCUT2D eigenvalue weighted by molar-refractivity contribution is 8.00. The van der Waals surface area contributed by atoms with Gasteiger partial charge in [-0.2, -0.15) is 4.57 Å². The van der Waals surface area contributed by atoms with E-state index in [0.717, 1.165) is 16.7 Å². The van der Waals surface area contributed by atoms with Gasteiger partial charge >= 0.3 is 18.2 Å². The number of β-lactam (4-membered cyclic amide) rings is 1. The molecule has 324 valence electrons. The van der Waals surface area contributed by atoms with Crippen LogP contribution in [0.4, 0.5) is 9.59 Å². The summed E-state index contributed by atoms with van der Waals surface area (Å²) in [5.74, 6) is -1.33. The standard InChI is InChI=1S/C46H50N6O9S/c1-5-24-59-45(58)51-23-19-35(27-51)47-36(53)28-49-20-16-30(17-21-49)26-50-22-18-33(40(50)54)25-34-29-62-42-37(48-44(57)61-46(2,3)4)41(55)52(42)38(34)43(56)60-39(31-12-8-6-9-13-31)32-14-10-7-11-15-32/h5-17,20-21,25,35,37,39,42H,1,18-19,22-24,26-29H2,2-4H3,(H-,47,48,53,57)/p+1/b33-25+/t35?,37-,42-/m1/s1. The predicted octanol–water partition coefficient (Wildman–Crippen LogP) is 4.54. The van der Waals surface area contributed by atoms with Crippen LogP contribution in [0.3, 0.4) is 0 Å². The van der Waals surface area contributed by atoms with Crippen molar-refractivity contribution in [2.24, 2.45) is 0 Å². The lowest BCUT2D eigenvalue weighted by atomic mass is 10.00. The number of benzene rings is 2. The number of aromatic nitrogens is 1. The summed E-state index contributed by atoms with van der Waals surface area (Å²) in [6.45, 7) is 10.6. The van der Waals surface area contributed by atoms with E-state index in [1.807, 2.05) is 72.8 Å². The molecule has 5 amide bonds. The molecule has 0 spiro atoms. The number of carbonyl (C=O) groups is 6. The first kappa shape index (κ1) is 43.7. The molecule has 0 saturated carbocycles. The van der Waals surface area contributed by atoms with Gasteiger partial charge in [0.15, 0.2) is 18.5 Å². The first-order chi connectivity index (χ1) is 29.8. The molecule has 4 aliphatic rings. The van der Waals surface area contributed by atoms with Crippen LogP contribution >= 0.6 is 11.8 Å². The van der Waals surface area contributed by atoms with Crippen molar-refractivity contribution in [3.63, 3.8) is 0 Å². The van der Waals surface area contributed by atoms with Crippen LogP contribution in [0.1, 0.15) is 56.4 Å². The number of fused-ring (bicyclic) bond motifs is 1.